The second-order valence-corrected chi connectivity index (χ2v) is 4.56. The lowest BCUT2D eigenvalue weighted by Crippen LogP contribution is -2.19. The second kappa shape index (κ2) is 5.31. The Kier molecular flexibility index (Phi) is 3.85. The van der Waals surface area contributed by atoms with Crippen LogP contribution < -0.4 is 0 Å². The average molecular weight is 298 g/mol. The van der Waals surface area contributed by atoms with Gasteiger partial charge in [0.25, 0.3) is 0 Å². The molecule has 1 heterocycles. The van der Waals surface area contributed by atoms with Crippen molar-refractivity contribution in [1.82, 2.24) is 9.97 Å². The summed E-state index contributed by atoms with van der Waals surface area (Å²) in [7, 11) is 0. The Morgan fingerprint density at radius 3 is 2.14 bits per heavy atom. The first kappa shape index (κ1) is 15.2. The van der Waals surface area contributed by atoms with Gasteiger partial charge in [-0.1, -0.05) is 0 Å². The van der Waals surface area contributed by atoms with Crippen molar-refractivity contribution in [1.29, 1.82) is 0 Å². The molecule has 112 valence electrons. The summed E-state index contributed by atoms with van der Waals surface area (Å²) < 4.78 is 43.8. The fourth-order valence-corrected chi connectivity index (χ4v) is 1.85. The number of halogens is 3. The molecule has 0 fully saturated rings. The van der Waals surface area contributed by atoms with E-state index in [2.05, 4.69) is 14.7 Å². The number of ether oxygens (including phenoxy) is 1. The molecule has 4 nitrogen and oxygen atoms in total. The van der Waals surface area contributed by atoms with Crippen molar-refractivity contribution >= 4 is 17.0 Å². The van der Waals surface area contributed by atoms with Crippen molar-refractivity contribution in [2.75, 3.05) is 6.61 Å². The molecular formula is C14H13F3N2O2. The van der Waals surface area contributed by atoms with Crippen molar-refractivity contribution in [3.8, 4) is 0 Å². The Morgan fingerprint density at radius 1 is 1.14 bits per heavy atom. The first-order chi connectivity index (χ1) is 9.74. The summed E-state index contributed by atoms with van der Waals surface area (Å²) in [5.41, 5.74) is -0.149. The van der Waals surface area contributed by atoms with Gasteiger partial charge in [0.15, 0.2) is 11.4 Å². The summed E-state index contributed by atoms with van der Waals surface area (Å²) >= 11 is 0. The number of carbonyl (C=O) groups excluding carboxylic acids is 1. The largest absolute Gasteiger partial charge is 0.461 e. The summed E-state index contributed by atoms with van der Waals surface area (Å²) in [5.74, 6) is -1.13. The number of hydrogen-bond donors (Lipinski definition) is 0. The molecule has 0 saturated heterocycles. The lowest BCUT2D eigenvalue weighted by atomic mass is 10.1. The van der Waals surface area contributed by atoms with Gasteiger partial charge in [-0.25, -0.2) is 14.8 Å². The normalized spacial score (nSPS) is 11.7. The zero-order chi connectivity index (χ0) is 15.8. The van der Waals surface area contributed by atoms with Crippen LogP contribution in [0.25, 0.3) is 11.0 Å². The van der Waals surface area contributed by atoms with Gasteiger partial charge in [0.2, 0.25) is 0 Å². The molecule has 0 N–H and O–H groups in total. The van der Waals surface area contributed by atoms with E-state index >= 15 is 0 Å². The van der Waals surface area contributed by atoms with Crippen LogP contribution in [0.1, 0.15) is 34.2 Å². The summed E-state index contributed by atoms with van der Waals surface area (Å²) in [4.78, 5) is 19.1. The molecule has 1 aromatic heterocycles. The molecule has 0 aliphatic heterocycles. The maximum Gasteiger partial charge on any atom is 0.435 e. The van der Waals surface area contributed by atoms with Gasteiger partial charge in [0.05, 0.1) is 17.6 Å². The second-order valence-electron chi connectivity index (χ2n) is 4.56. The highest BCUT2D eigenvalue weighted by Crippen LogP contribution is 2.31. The molecule has 0 atom stereocenters. The highest BCUT2D eigenvalue weighted by Gasteiger charge is 2.39. The van der Waals surface area contributed by atoms with Gasteiger partial charge in [-0.2, -0.15) is 13.2 Å². The van der Waals surface area contributed by atoms with Gasteiger partial charge in [0.1, 0.15) is 0 Å². The highest BCUT2D eigenvalue weighted by atomic mass is 19.4. The molecule has 1 aromatic carbocycles. The zero-order valence-corrected chi connectivity index (χ0v) is 11.7. The van der Waals surface area contributed by atoms with E-state index in [1.807, 2.05) is 0 Å². The number of alkyl halides is 3. The number of aryl methyl sites for hydroxylation is 2. The van der Waals surface area contributed by atoms with Crippen LogP contribution in [0.4, 0.5) is 13.2 Å². The fraction of sp³-hybridized carbons (Fsp3) is 0.357. The summed E-state index contributed by atoms with van der Waals surface area (Å²) in [6.45, 7) is 5.04. The number of carbonyl (C=O) groups is 1. The molecule has 0 aliphatic carbocycles. The van der Waals surface area contributed by atoms with Gasteiger partial charge < -0.3 is 4.74 Å². The van der Waals surface area contributed by atoms with E-state index in [0.29, 0.717) is 0 Å². The SMILES string of the molecule is CCOC(=O)c1nc2cc(C)c(C)cc2nc1C(F)(F)F. The molecule has 0 unspecified atom stereocenters. The summed E-state index contributed by atoms with van der Waals surface area (Å²) in [5, 5.41) is 0. The maximum atomic E-state index is 13.0. The number of hydrogen-bond acceptors (Lipinski definition) is 4. The molecule has 21 heavy (non-hydrogen) atoms. The van der Waals surface area contributed by atoms with Crippen LogP contribution in [0.2, 0.25) is 0 Å². The Labute approximate surface area is 119 Å². The molecule has 2 rings (SSSR count). The van der Waals surface area contributed by atoms with E-state index < -0.39 is 23.5 Å². The van der Waals surface area contributed by atoms with E-state index in [1.54, 1.807) is 19.9 Å². The van der Waals surface area contributed by atoms with E-state index in [4.69, 9.17) is 0 Å². The Morgan fingerprint density at radius 2 is 1.67 bits per heavy atom. The fourth-order valence-electron chi connectivity index (χ4n) is 1.85. The molecule has 0 amide bonds. The van der Waals surface area contributed by atoms with E-state index in [9.17, 15) is 18.0 Å². The van der Waals surface area contributed by atoms with Crippen LogP contribution in [-0.4, -0.2) is 22.5 Å². The summed E-state index contributed by atoms with van der Waals surface area (Å²) in [6, 6.07) is 3.11. The smallest absolute Gasteiger partial charge is 0.435 e. The molecule has 0 radical (unpaired) electrons. The Bertz CT molecular complexity index is 711. The van der Waals surface area contributed by atoms with E-state index in [1.165, 1.54) is 13.0 Å². The third-order valence-electron chi connectivity index (χ3n) is 3.02. The van der Waals surface area contributed by atoms with Crippen molar-refractivity contribution in [2.45, 2.75) is 26.9 Å². The van der Waals surface area contributed by atoms with Crippen LogP contribution in [-0.2, 0) is 10.9 Å². The molecule has 2 aromatic rings. The van der Waals surface area contributed by atoms with Crippen molar-refractivity contribution in [3.05, 3.63) is 34.6 Å². The van der Waals surface area contributed by atoms with Crippen LogP contribution in [0.3, 0.4) is 0 Å². The number of nitrogens with zero attached hydrogens (tertiary/aromatic N) is 2. The van der Waals surface area contributed by atoms with Gasteiger partial charge in [-0.15, -0.1) is 0 Å². The van der Waals surface area contributed by atoms with E-state index in [0.717, 1.165) is 11.1 Å². The maximum absolute atomic E-state index is 13.0. The van der Waals surface area contributed by atoms with Gasteiger partial charge in [0, 0.05) is 0 Å². The van der Waals surface area contributed by atoms with Gasteiger partial charge in [-0.3, -0.25) is 0 Å². The van der Waals surface area contributed by atoms with Gasteiger partial charge in [-0.05, 0) is 44.0 Å². The van der Waals surface area contributed by atoms with Gasteiger partial charge >= 0.3 is 12.1 Å². The predicted molar refractivity (Wildman–Crippen MR) is 70.0 cm³/mol. The highest BCUT2D eigenvalue weighted by molar-refractivity contribution is 5.91. The third kappa shape index (κ3) is 2.96. The quantitative estimate of drug-likeness (QED) is 0.797. The Balaban J connectivity index is 2.75. The van der Waals surface area contributed by atoms with E-state index in [-0.39, 0.29) is 17.6 Å². The number of fused-ring (bicyclic) bond motifs is 1. The molecule has 7 heteroatoms. The summed E-state index contributed by atoms with van der Waals surface area (Å²) in [6.07, 6.45) is -4.78. The predicted octanol–water partition coefficient (Wildman–Crippen LogP) is 3.44. The zero-order valence-electron chi connectivity index (χ0n) is 11.7. The topological polar surface area (TPSA) is 52.1 Å². The molecule has 0 bridgehead atoms. The number of aromatic nitrogens is 2. The first-order valence-corrected chi connectivity index (χ1v) is 6.27. The average Bonchev–Trinajstić information content (AvgIpc) is 2.38. The van der Waals surface area contributed by atoms with Crippen LogP contribution in [0.5, 0.6) is 0 Å². The molecule has 0 aliphatic rings. The third-order valence-corrected chi connectivity index (χ3v) is 3.02. The number of rotatable bonds is 2. The molecule has 0 saturated carbocycles. The molecule has 0 spiro atoms. The van der Waals surface area contributed by atoms with Crippen molar-refractivity contribution < 1.29 is 22.7 Å². The van der Waals surface area contributed by atoms with Crippen molar-refractivity contribution in [3.63, 3.8) is 0 Å². The van der Waals surface area contributed by atoms with Crippen LogP contribution in [0, 0.1) is 13.8 Å². The lowest BCUT2D eigenvalue weighted by Gasteiger charge is -2.12. The lowest BCUT2D eigenvalue weighted by molar-refractivity contribution is -0.141. The standard InChI is InChI=1S/C14H13F3N2O2/c1-4-21-13(20)11-12(14(15,16)17)19-10-6-8(3)7(2)5-9(10)18-11/h5-6H,4H2,1-3H3. The van der Waals surface area contributed by atoms with Crippen molar-refractivity contribution in [2.24, 2.45) is 0 Å². The number of esters is 1. The Hall–Kier alpha value is -2.18. The minimum absolute atomic E-state index is 0.0389. The van der Waals surface area contributed by atoms with Crippen LogP contribution in [0.15, 0.2) is 12.1 Å². The number of benzene rings is 1. The minimum Gasteiger partial charge on any atom is -0.461 e. The monoisotopic (exact) mass is 298 g/mol. The first-order valence-electron chi connectivity index (χ1n) is 6.27. The molecular weight excluding hydrogens is 285 g/mol. The van der Waals surface area contributed by atoms with Crippen LogP contribution >= 0.6 is 0 Å². The minimum atomic E-state index is -4.78.